The molecule has 1 unspecified atom stereocenters. The summed E-state index contributed by atoms with van der Waals surface area (Å²) in [5.74, 6) is -0.905. The van der Waals surface area contributed by atoms with E-state index in [9.17, 15) is 9.90 Å². The van der Waals surface area contributed by atoms with Crippen LogP contribution in [0.4, 0.5) is 0 Å². The van der Waals surface area contributed by atoms with E-state index in [2.05, 4.69) is 5.32 Å². The molecule has 1 atom stereocenters. The first-order valence-corrected chi connectivity index (χ1v) is 7.51. The van der Waals surface area contributed by atoms with Gasteiger partial charge in [0.15, 0.2) is 0 Å². The molecule has 20 heavy (non-hydrogen) atoms. The van der Waals surface area contributed by atoms with E-state index in [1.807, 2.05) is 61.7 Å². The van der Waals surface area contributed by atoms with Gasteiger partial charge in [0.25, 0.3) is 0 Å². The van der Waals surface area contributed by atoms with Gasteiger partial charge in [0.1, 0.15) is 5.54 Å². The first-order valence-electron chi connectivity index (χ1n) is 6.63. The molecular weight excluding hydrogens is 270 g/mol. The van der Waals surface area contributed by atoms with Crippen LogP contribution in [0.1, 0.15) is 24.3 Å². The highest BCUT2D eigenvalue weighted by atomic mass is 32.1. The number of hydrogen-bond donors (Lipinski definition) is 2. The zero-order valence-corrected chi connectivity index (χ0v) is 12.5. The van der Waals surface area contributed by atoms with E-state index >= 15 is 0 Å². The maximum absolute atomic E-state index is 12.0. The zero-order chi connectivity index (χ0) is 14.6. The smallest absolute Gasteiger partial charge is 0.328 e. The predicted molar refractivity (Wildman–Crippen MR) is 81.8 cm³/mol. The molecule has 3 nitrogen and oxygen atoms in total. The first kappa shape index (κ1) is 14.8. The Morgan fingerprint density at radius 1 is 1.25 bits per heavy atom. The summed E-state index contributed by atoms with van der Waals surface area (Å²) in [6.45, 7) is 4.42. The highest BCUT2D eigenvalue weighted by Crippen LogP contribution is 2.31. The van der Waals surface area contributed by atoms with Crippen LogP contribution in [-0.4, -0.2) is 11.1 Å². The molecule has 0 saturated carbocycles. The molecule has 0 aliphatic carbocycles. The van der Waals surface area contributed by atoms with Crippen molar-refractivity contribution in [3.05, 3.63) is 58.3 Å². The third-order valence-corrected chi connectivity index (χ3v) is 4.43. The average Bonchev–Trinajstić information content (AvgIpc) is 2.93. The predicted octanol–water partition coefficient (Wildman–Crippen LogP) is 3.47. The molecule has 0 bridgehead atoms. The van der Waals surface area contributed by atoms with Gasteiger partial charge in [-0.05, 0) is 22.9 Å². The summed E-state index contributed by atoms with van der Waals surface area (Å²) >= 11 is 1.63. The molecule has 0 amide bonds. The largest absolute Gasteiger partial charge is 0.480 e. The van der Waals surface area contributed by atoms with E-state index in [1.54, 1.807) is 11.3 Å². The number of rotatable bonds is 6. The highest BCUT2D eigenvalue weighted by molar-refractivity contribution is 7.09. The summed E-state index contributed by atoms with van der Waals surface area (Å²) in [6, 6.07) is 13.4. The third-order valence-electron chi connectivity index (χ3n) is 3.55. The fourth-order valence-electron chi connectivity index (χ4n) is 2.43. The van der Waals surface area contributed by atoms with Crippen LogP contribution in [0.25, 0.3) is 0 Å². The van der Waals surface area contributed by atoms with Crippen LogP contribution >= 0.6 is 11.3 Å². The minimum atomic E-state index is -1.06. The number of carbonyl (C=O) groups is 1. The molecule has 0 radical (unpaired) electrons. The van der Waals surface area contributed by atoms with E-state index in [1.165, 1.54) is 0 Å². The number of carboxylic acids is 1. The minimum Gasteiger partial charge on any atom is -0.480 e. The van der Waals surface area contributed by atoms with Crippen molar-refractivity contribution in [3.63, 3.8) is 0 Å². The number of hydrogen-bond acceptors (Lipinski definition) is 3. The molecule has 4 heteroatoms. The SMILES string of the molecule is CC(C)C(NCc1cccs1)(C(=O)O)c1ccccc1. The summed E-state index contributed by atoms with van der Waals surface area (Å²) < 4.78 is 0. The Labute approximate surface area is 123 Å². The van der Waals surface area contributed by atoms with Gasteiger partial charge < -0.3 is 5.11 Å². The van der Waals surface area contributed by atoms with Gasteiger partial charge in [-0.25, -0.2) is 4.79 Å². The van der Waals surface area contributed by atoms with Gasteiger partial charge in [0, 0.05) is 11.4 Å². The number of carboxylic acid groups (broad SMARTS) is 1. The molecule has 2 N–H and O–H groups in total. The van der Waals surface area contributed by atoms with Gasteiger partial charge in [-0.2, -0.15) is 0 Å². The monoisotopic (exact) mass is 289 g/mol. The minimum absolute atomic E-state index is 0.0673. The maximum atomic E-state index is 12.0. The Bertz CT molecular complexity index is 551. The molecular formula is C16H19NO2S. The van der Waals surface area contributed by atoms with E-state index in [4.69, 9.17) is 0 Å². The number of thiophene rings is 1. The van der Waals surface area contributed by atoms with Crippen molar-refractivity contribution in [2.75, 3.05) is 0 Å². The second-order valence-electron chi connectivity index (χ2n) is 5.07. The lowest BCUT2D eigenvalue weighted by molar-refractivity contribution is -0.147. The van der Waals surface area contributed by atoms with Gasteiger partial charge in [-0.3, -0.25) is 5.32 Å². The Kier molecular flexibility index (Phi) is 4.57. The first-order chi connectivity index (χ1) is 9.57. The molecule has 2 aromatic rings. The van der Waals surface area contributed by atoms with E-state index in [0.717, 1.165) is 10.4 Å². The second-order valence-corrected chi connectivity index (χ2v) is 6.10. The average molecular weight is 289 g/mol. The number of nitrogens with one attached hydrogen (secondary N) is 1. The van der Waals surface area contributed by atoms with Crippen LogP contribution in [0.2, 0.25) is 0 Å². The standard InChI is InChI=1S/C16H19NO2S/c1-12(2)16(15(18)19,13-7-4-3-5-8-13)17-11-14-9-6-10-20-14/h3-10,12,17H,11H2,1-2H3,(H,18,19). The summed E-state index contributed by atoms with van der Waals surface area (Å²) in [7, 11) is 0. The third kappa shape index (κ3) is 2.76. The lowest BCUT2D eigenvalue weighted by Crippen LogP contribution is -2.52. The summed E-state index contributed by atoms with van der Waals surface area (Å²) in [5, 5.41) is 15.1. The van der Waals surface area contributed by atoms with Gasteiger partial charge >= 0.3 is 5.97 Å². The van der Waals surface area contributed by atoms with Crippen molar-refractivity contribution in [3.8, 4) is 0 Å². The molecule has 1 heterocycles. The van der Waals surface area contributed by atoms with Gasteiger partial charge in [0.2, 0.25) is 0 Å². The van der Waals surface area contributed by atoms with E-state index in [0.29, 0.717) is 6.54 Å². The Balaban J connectivity index is 2.35. The summed E-state index contributed by atoms with van der Waals surface area (Å²) in [6.07, 6.45) is 0. The quantitative estimate of drug-likeness (QED) is 0.856. The van der Waals surface area contributed by atoms with Crippen LogP contribution in [0, 0.1) is 5.92 Å². The topological polar surface area (TPSA) is 49.3 Å². The number of aliphatic carboxylic acids is 1. The Morgan fingerprint density at radius 2 is 1.95 bits per heavy atom. The molecule has 2 rings (SSSR count). The van der Waals surface area contributed by atoms with Crippen LogP contribution in [-0.2, 0) is 16.9 Å². The molecule has 0 aliphatic rings. The van der Waals surface area contributed by atoms with Crippen LogP contribution in [0.5, 0.6) is 0 Å². The van der Waals surface area contributed by atoms with Crippen LogP contribution in [0.15, 0.2) is 47.8 Å². The lowest BCUT2D eigenvalue weighted by atomic mass is 9.79. The highest BCUT2D eigenvalue weighted by Gasteiger charge is 2.43. The van der Waals surface area contributed by atoms with Gasteiger partial charge in [0.05, 0.1) is 0 Å². The van der Waals surface area contributed by atoms with Crippen molar-refractivity contribution < 1.29 is 9.90 Å². The molecule has 1 aromatic carbocycles. The van der Waals surface area contributed by atoms with Gasteiger partial charge in [-0.15, -0.1) is 11.3 Å². The molecule has 1 aromatic heterocycles. The van der Waals surface area contributed by atoms with Crippen molar-refractivity contribution >= 4 is 17.3 Å². The van der Waals surface area contributed by atoms with Crippen molar-refractivity contribution in [2.45, 2.75) is 25.9 Å². The van der Waals surface area contributed by atoms with Crippen LogP contribution in [0.3, 0.4) is 0 Å². The molecule has 0 fully saturated rings. The van der Waals surface area contributed by atoms with E-state index < -0.39 is 11.5 Å². The normalized spacial score (nSPS) is 14.2. The van der Waals surface area contributed by atoms with Crippen molar-refractivity contribution in [2.24, 2.45) is 5.92 Å². The molecule has 106 valence electrons. The Morgan fingerprint density at radius 3 is 2.45 bits per heavy atom. The second kappa shape index (κ2) is 6.20. The van der Waals surface area contributed by atoms with Crippen molar-refractivity contribution in [1.82, 2.24) is 5.32 Å². The number of benzene rings is 1. The molecule has 0 saturated heterocycles. The maximum Gasteiger partial charge on any atom is 0.328 e. The van der Waals surface area contributed by atoms with E-state index in [-0.39, 0.29) is 5.92 Å². The van der Waals surface area contributed by atoms with Gasteiger partial charge in [-0.1, -0.05) is 50.2 Å². The lowest BCUT2D eigenvalue weighted by Gasteiger charge is -2.35. The van der Waals surface area contributed by atoms with Crippen molar-refractivity contribution in [1.29, 1.82) is 0 Å². The summed E-state index contributed by atoms with van der Waals surface area (Å²) in [5.41, 5.74) is -0.273. The van der Waals surface area contributed by atoms with Crippen LogP contribution < -0.4 is 5.32 Å². The molecule has 0 aliphatic heterocycles. The summed E-state index contributed by atoms with van der Waals surface area (Å²) in [4.78, 5) is 13.1. The fraction of sp³-hybridized carbons (Fsp3) is 0.312. The zero-order valence-electron chi connectivity index (χ0n) is 11.7. The Hall–Kier alpha value is -1.65. The molecule has 0 spiro atoms. The fourth-order valence-corrected chi connectivity index (χ4v) is 3.07.